The quantitative estimate of drug-likeness (QED) is 0.748. The second-order valence-electron chi connectivity index (χ2n) is 8.67. The lowest BCUT2D eigenvalue weighted by Gasteiger charge is -2.46. The molecule has 1 heterocycles. The number of nitrogens with one attached hydrogen (secondary N) is 1. The smallest absolute Gasteiger partial charge is 0.408 e. The second-order valence-corrected chi connectivity index (χ2v) is 8.67. The van der Waals surface area contributed by atoms with Gasteiger partial charge >= 0.3 is 12.1 Å². The normalized spacial score (nSPS) is 25.8. The third kappa shape index (κ3) is 6.49. The standard InChI is InChI=1S/C21H32N2O5/c1-15-11-23(13-18(24)27-14-16-9-7-6-8-10-16)12-17(21(15,5)26)22-19(25)28-20(2,3)4/h6-10,15,17,26H,11-14H2,1-5H3,(H,22,25)/t15-,17+,21-/m0/s1. The molecular formula is C21H32N2O5. The highest BCUT2D eigenvalue weighted by atomic mass is 16.6. The summed E-state index contributed by atoms with van der Waals surface area (Å²) in [6, 6.07) is 8.93. The number of carbonyl (C=O) groups is 2. The molecule has 28 heavy (non-hydrogen) atoms. The molecule has 1 saturated heterocycles. The number of likely N-dealkylation sites (tertiary alicyclic amines) is 1. The van der Waals surface area contributed by atoms with Crippen LogP contribution in [0.15, 0.2) is 30.3 Å². The molecule has 7 heteroatoms. The Kier molecular flexibility index (Phi) is 7.06. The van der Waals surface area contributed by atoms with Gasteiger partial charge in [0.1, 0.15) is 12.2 Å². The van der Waals surface area contributed by atoms with Crippen molar-refractivity contribution in [3.8, 4) is 0 Å². The zero-order valence-corrected chi connectivity index (χ0v) is 17.4. The number of benzene rings is 1. The molecule has 7 nitrogen and oxygen atoms in total. The van der Waals surface area contributed by atoms with Gasteiger partial charge in [-0.25, -0.2) is 4.79 Å². The molecule has 0 spiro atoms. The first-order valence-corrected chi connectivity index (χ1v) is 9.61. The second kappa shape index (κ2) is 8.92. The Balaban J connectivity index is 1.92. The summed E-state index contributed by atoms with van der Waals surface area (Å²) >= 11 is 0. The lowest BCUT2D eigenvalue weighted by atomic mass is 9.80. The number of esters is 1. The van der Waals surface area contributed by atoms with Gasteiger partial charge in [-0.1, -0.05) is 37.3 Å². The van der Waals surface area contributed by atoms with E-state index in [9.17, 15) is 14.7 Å². The van der Waals surface area contributed by atoms with E-state index in [0.29, 0.717) is 13.1 Å². The van der Waals surface area contributed by atoms with Gasteiger partial charge in [0.05, 0.1) is 18.2 Å². The minimum Gasteiger partial charge on any atom is -0.460 e. The summed E-state index contributed by atoms with van der Waals surface area (Å²) in [5.74, 6) is -0.489. The maximum Gasteiger partial charge on any atom is 0.408 e. The SMILES string of the molecule is C[C@H]1CN(CC(=O)OCc2ccccc2)C[C@@H](NC(=O)OC(C)(C)C)[C@@]1(C)O. The predicted molar refractivity (Wildman–Crippen MR) is 106 cm³/mol. The van der Waals surface area contributed by atoms with Gasteiger partial charge in [-0.3, -0.25) is 9.69 Å². The number of aliphatic hydroxyl groups is 1. The van der Waals surface area contributed by atoms with Gasteiger partial charge in [0.2, 0.25) is 0 Å². The van der Waals surface area contributed by atoms with E-state index < -0.39 is 23.3 Å². The van der Waals surface area contributed by atoms with Crippen molar-refractivity contribution in [2.24, 2.45) is 5.92 Å². The van der Waals surface area contributed by atoms with E-state index in [1.807, 2.05) is 42.2 Å². The average molecular weight is 392 g/mol. The third-order valence-corrected chi connectivity index (χ3v) is 4.96. The van der Waals surface area contributed by atoms with Crippen molar-refractivity contribution in [1.82, 2.24) is 10.2 Å². The van der Waals surface area contributed by atoms with E-state index in [1.54, 1.807) is 27.7 Å². The van der Waals surface area contributed by atoms with Crippen LogP contribution in [0.1, 0.15) is 40.2 Å². The monoisotopic (exact) mass is 392 g/mol. The summed E-state index contributed by atoms with van der Waals surface area (Å²) in [6.07, 6.45) is -0.585. The molecule has 3 atom stereocenters. The molecule has 0 unspecified atom stereocenters. The Hall–Kier alpha value is -2.12. The van der Waals surface area contributed by atoms with Crippen LogP contribution in [0, 0.1) is 5.92 Å². The molecule has 1 fully saturated rings. The van der Waals surface area contributed by atoms with Crippen LogP contribution >= 0.6 is 0 Å². The Bertz CT molecular complexity index is 669. The van der Waals surface area contributed by atoms with E-state index >= 15 is 0 Å². The van der Waals surface area contributed by atoms with Crippen LogP contribution < -0.4 is 5.32 Å². The fourth-order valence-electron chi connectivity index (χ4n) is 3.17. The van der Waals surface area contributed by atoms with Crippen molar-refractivity contribution < 1.29 is 24.2 Å². The largest absolute Gasteiger partial charge is 0.460 e. The van der Waals surface area contributed by atoms with E-state index in [0.717, 1.165) is 5.56 Å². The summed E-state index contributed by atoms with van der Waals surface area (Å²) in [4.78, 5) is 26.3. The highest BCUT2D eigenvalue weighted by Gasteiger charge is 2.44. The number of carbonyl (C=O) groups excluding carboxylic acids is 2. The van der Waals surface area contributed by atoms with E-state index in [4.69, 9.17) is 9.47 Å². The number of ether oxygens (including phenoxy) is 2. The van der Waals surface area contributed by atoms with E-state index in [2.05, 4.69) is 5.32 Å². The average Bonchev–Trinajstić information content (AvgIpc) is 2.57. The molecule has 2 N–H and O–H groups in total. The third-order valence-electron chi connectivity index (χ3n) is 4.96. The maximum atomic E-state index is 12.2. The zero-order chi connectivity index (χ0) is 20.9. The number of hydrogen-bond donors (Lipinski definition) is 2. The van der Waals surface area contributed by atoms with Gasteiger partial charge < -0.3 is 19.9 Å². The van der Waals surface area contributed by atoms with Gasteiger partial charge in [-0.05, 0) is 39.2 Å². The number of nitrogens with zero attached hydrogens (tertiary/aromatic N) is 1. The van der Waals surface area contributed by atoms with Crippen molar-refractivity contribution in [3.63, 3.8) is 0 Å². The summed E-state index contributed by atoms with van der Waals surface area (Å²) in [5, 5.41) is 13.6. The van der Waals surface area contributed by atoms with Gasteiger partial charge in [-0.2, -0.15) is 0 Å². The lowest BCUT2D eigenvalue weighted by molar-refractivity contribution is -0.149. The molecule has 1 amide bonds. The lowest BCUT2D eigenvalue weighted by Crippen LogP contribution is -2.65. The molecule has 0 aromatic heterocycles. The minimum absolute atomic E-state index is 0.0970. The number of piperidine rings is 1. The van der Waals surface area contributed by atoms with Crippen molar-refractivity contribution in [2.75, 3.05) is 19.6 Å². The molecule has 0 bridgehead atoms. The number of amides is 1. The maximum absolute atomic E-state index is 12.2. The first-order valence-electron chi connectivity index (χ1n) is 9.61. The van der Waals surface area contributed by atoms with Crippen LogP contribution in [-0.2, 0) is 20.9 Å². The Morgan fingerprint density at radius 2 is 1.89 bits per heavy atom. The van der Waals surface area contributed by atoms with Crippen LogP contribution in [-0.4, -0.2) is 58.9 Å². The van der Waals surface area contributed by atoms with Crippen LogP contribution in [0.2, 0.25) is 0 Å². The molecule has 156 valence electrons. The highest BCUT2D eigenvalue weighted by Crippen LogP contribution is 2.28. The molecule has 0 aliphatic carbocycles. The molecule has 1 aliphatic heterocycles. The van der Waals surface area contributed by atoms with Gasteiger partial charge in [-0.15, -0.1) is 0 Å². The van der Waals surface area contributed by atoms with Gasteiger partial charge in [0.15, 0.2) is 0 Å². The minimum atomic E-state index is -1.11. The summed E-state index contributed by atoms with van der Waals surface area (Å²) < 4.78 is 10.6. The first kappa shape index (κ1) is 22.2. The summed E-state index contributed by atoms with van der Waals surface area (Å²) in [7, 11) is 0. The Morgan fingerprint density at radius 3 is 2.50 bits per heavy atom. The molecule has 2 rings (SSSR count). The fourth-order valence-corrected chi connectivity index (χ4v) is 3.17. The van der Waals surface area contributed by atoms with Crippen molar-refractivity contribution in [1.29, 1.82) is 0 Å². The number of rotatable bonds is 5. The van der Waals surface area contributed by atoms with Crippen LogP contribution in [0.4, 0.5) is 4.79 Å². The summed E-state index contributed by atoms with van der Waals surface area (Å²) in [6.45, 7) is 10.1. The van der Waals surface area contributed by atoms with E-state index in [-0.39, 0.29) is 25.0 Å². The molecule has 0 saturated carbocycles. The first-order chi connectivity index (χ1) is 13.0. The summed E-state index contributed by atoms with van der Waals surface area (Å²) in [5.41, 5.74) is -0.811. The highest BCUT2D eigenvalue weighted by molar-refractivity contribution is 5.72. The van der Waals surface area contributed by atoms with Crippen molar-refractivity contribution in [3.05, 3.63) is 35.9 Å². The zero-order valence-electron chi connectivity index (χ0n) is 17.4. The topological polar surface area (TPSA) is 88.1 Å². The van der Waals surface area contributed by atoms with Gasteiger partial charge in [0, 0.05) is 13.1 Å². The Labute approximate surface area is 167 Å². The van der Waals surface area contributed by atoms with Crippen LogP contribution in [0.25, 0.3) is 0 Å². The van der Waals surface area contributed by atoms with Crippen molar-refractivity contribution >= 4 is 12.1 Å². The number of alkyl carbamates (subject to hydrolysis) is 1. The van der Waals surface area contributed by atoms with Crippen LogP contribution in [0.3, 0.4) is 0 Å². The predicted octanol–water partition coefficient (Wildman–Crippen LogP) is 2.33. The fraction of sp³-hybridized carbons (Fsp3) is 0.619. The molecule has 1 aromatic rings. The Morgan fingerprint density at radius 1 is 1.25 bits per heavy atom. The van der Waals surface area contributed by atoms with Crippen molar-refractivity contribution in [2.45, 2.75) is 58.5 Å². The molecule has 1 aromatic carbocycles. The molecule has 0 radical (unpaired) electrons. The molecule has 1 aliphatic rings. The molecular weight excluding hydrogens is 360 g/mol. The van der Waals surface area contributed by atoms with E-state index in [1.165, 1.54) is 0 Å². The number of hydrogen-bond acceptors (Lipinski definition) is 6. The van der Waals surface area contributed by atoms with Crippen LogP contribution in [0.5, 0.6) is 0 Å². The van der Waals surface area contributed by atoms with Gasteiger partial charge in [0.25, 0.3) is 0 Å².